The molecule has 0 unspecified atom stereocenters. The van der Waals surface area contributed by atoms with E-state index in [4.69, 9.17) is 4.98 Å². The summed E-state index contributed by atoms with van der Waals surface area (Å²) in [6, 6.07) is 0. The molecule has 1 aliphatic carbocycles. The Morgan fingerprint density at radius 2 is 1.31 bits per heavy atom. The zero-order valence-electron chi connectivity index (χ0n) is 21.4. The molecule has 0 saturated heterocycles. The van der Waals surface area contributed by atoms with Gasteiger partial charge in [0, 0.05) is 24.4 Å². The second-order valence-electron chi connectivity index (χ2n) is 9.79. The van der Waals surface area contributed by atoms with Crippen molar-refractivity contribution in [2.45, 2.75) is 105 Å². The molecule has 0 bridgehead atoms. The molecule has 0 fully saturated rings. The molecule has 2 aromatic heterocycles. The number of fused-ring (bicyclic) bond motifs is 2. The molecule has 1 N–H and O–H groups in total. The first kappa shape index (κ1) is 25.5. The number of aromatic amines is 1. The third-order valence-corrected chi connectivity index (χ3v) is 8.90. The molecular formula is C26H45N4S2+. The van der Waals surface area contributed by atoms with Crippen molar-refractivity contribution in [2.24, 2.45) is 0 Å². The second kappa shape index (κ2) is 11.8. The van der Waals surface area contributed by atoms with Gasteiger partial charge in [-0.25, -0.2) is 9.97 Å². The Hall–Kier alpha value is -1.14. The van der Waals surface area contributed by atoms with Gasteiger partial charge < -0.3 is 4.90 Å². The summed E-state index contributed by atoms with van der Waals surface area (Å²) >= 11 is 3.94. The quantitative estimate of drug-likeness (QED) is 0.292. The van der Waals surface area contributed by atoms with Crippen molar-refractivity contribution >= 4 is 32.9 Å². The Bertz CT molecular complexity index is 757. The Labute approximate surface area is 204 Å². The maximum absolute atomic E-state index is 5.28. The van der Waals surface area contributed by atoms with Gasteiger partial charge in [0.1, 0.15) is 5.69 Å². The number of nitrogens with one attached hydrogen (secondary N) is 1. The number of rotatable bonds is 14. The predicted molar refractivity (Wildman–Crippen MR) is 142 cm³/mol. The van der Waals surface area contributed by atoms with Crippen LogP contribution in [-0.4, -0.2) is 31.2 Å². The smallest absolute Gasteiger partial charge is 0.334 e. The summed E-state index contributed by atoms with van der Waals surface area (Å²) in [6.45, 7) is 18.4. The standard InChI is InChI=1S/C26H44N4S2/c1-7-11-15-29(16-12-8-2)24-27-22-20(31-24)19-21-23(26(22,5)6)28-25(32-21)30(17-13-9-3)18-14-10-4/h7-19H2,1-6H3/p+1. The van der Waals surface area contributed by atoms with E-state index in [1.54, 1.807) is 0 Å². The van der Waals surface area contributed by atoms with E-state index in [-0.39, 0.29) is 5.41 Å². The summed E-state index contributed by atoms with van der Waals surface area (Å²) in [4.78, 5) is 17.3. The summed E-state index contributed by atoms with van der Waals surface area (Å²) in [5.41, 5.74) is 2.64. The van der Waals surface area contributed by atoms with Crippen LogP contribution in [0.2, 0.25) is 0 Å². The van der Waals surface area contributed by atoms with Gasteiger partial charge in [0.05, 0.1) is 29.1 Å². The molecule has 1 aliphatic rings. The first-order chi connectivity index (χ1) is 15.5. The normalized spacial score (nSPS) is 14.3. The monoisotopic (exact) mass is 477 g/mol. The molecule has 0 radical (unpaired) electrons. The maximum Gasteiger partial charge on any atom is 0.334 e. The molecule has 0 aliphatic heterocycles. The van der Waals surface area contributed by atoms with E-state index in [2.05, 4.69) is 56.3 Å². The van der Waals surface area contributed by atoms with E-state index in [9.17, 15) is 0 Å². The fourth-order valence-electron chi connectivity index (χ4n) is 4.50. The summed E-state index contributed by atoms with van der Waals surface area (Å²) in [7, 11) is 0. The van der Waals surface area contributed by atoms with E-state index in [1.165, 1.54) is 82.8 Å². The number of thiazole rings is 2. The minimum Gasteiger partial charge on any atom is -0.348 e. The van der Waals surface area contributed by atoms with Crippen LogP contribution < -0.4 is 14.8 Å². The van der Waals surface area contributed by atoms with Gasteiger partial charge in [-0.05, 0) is 39.5 Å². The molecule has 3 rings (SSSR count). The number of aromatic nitrogens is 2. The Morgan fingerprint density at radius 3 is 1.84 bits per heavy atom. The third kappa shape index (κ3) is 5.67. The van der Waals surface area contributed by atoms with Crippen LogP contribution in [-0.2, 0) is 11.8 Å². The van der Waals surface area contributed by atoms with Crippen molar-refractivity contribution in [2.75, 3.05) is 36.0 Å². The number of nitrogens with zero attached hydrogens (tertiary/aromatic N) is 3. The number of hydrogen-bond donors (Lipinski definition) is 0. The fourth-order valence-corrected chi connectivity index (χ4v) is 7.20. The van der Waals surface area contributed by atoms with Gasteiger partial charge in [0.15, 0.2) is 5.13 Å². The van der Waals surface area contributed by atoms with E-state index in [0.29, 0.717) is 0 Å². The first-order valence-electron chi connectivity index (χ1n) is 13.0. The zero-order chi connectivity index (χ0) is 23.1. The first-order valence-corrected chi connectivity index (χ1v) is 14.6. The van der Waals surface area contributed by atoms with Crippen LogP contribution in [0.4, 0.5) is 10.3 Å². The van der Waals surface area contributed by atoms with E-state index in [0.717, 1.165) is 32.6 Å². The molecule has 0 saturated carbocycles. The number of unbranched alkanes of at least 4 members (excludes halogenated alkanes) is 4. The highest BCUT2D eigenvalue weighted by Crippen LogP contribution is 2.46. The summed E-state index contributed by atoms with van der Waals surface area (Å²) in [5.74, 6) is 0. The molecule has 32 heavy (non-hydrogen) atoms. The van der Waals surface area contributed by atoms with Crippen LogP contribution in [0.25, 0.3) is 0 Å². The average molecular weight is 478 g/mol. The lowest BCUT2D eigenvalue weighted by molar-refractivity contribution is -0.376. The molecule has 0 spiro atoms. The second-order valence-corrected chi connectivity index (χ2v) is 11.9. The molecule has 4 nitrogen and oxygen atoms in total. The van der Waals surface area contributed by atoms with Crippen molar-refractivity contribution in [3.05, 3.63) is 21.1 Å². The predicted octanol–water partition coefficient (Wildman–Crippen LogP) is 7.06. The van der Waals surface area contributed by atoms with Gasteiger partial charge in [-0.1, -0.05) is 64.7 Å². The molecule has 2 heterocycles. The topological polar surface area (TPSA) is 33.5 Å². The van der Waals surface area contributed by atoms with Crippen LogP contribution >= 0.6 is 22.7 Å². The lowest BCUT2D eigenvalue weighted by Crippen LogP contribution is -2.35. The zero-order valence-corrected chi connectivity index (χ0v) is 23.0. The molecule has 2 aromatic rings. The van der Waals surface area contributed by atoms with Gasteiger partial charge in [-0.2, -0.15) is 0 Å². The van der Waals surface area contributed by atoms with Gasteiger partial charge in [-0.15, -0.1) is 11.3 Å². The highest BCUT2D eigenvalue weighted by molar-refractivity contribution is 7.17. The molecular weight excluding hydrogens is 432 g/mol. The Kier molecular flexibility index (Phi) is 9.42. The molecule has 0 aromatic carbocycles. The van der Waals surface area contributed by atoms with Crippen LogP contribution in [0.1, 0.15) is 114 Å². The van der Waals surface area contributed by atoms with Crippen molar-refractivity contribution in [3.8, 4) is 0 Å². The lowest BCUT2D eigenvalue weighted by atomic mass is 9.80. The Morgan fingerprint density at radius 1 is 0.781 bits per heavy atom. The SMILES string of the molecule is CCCCN(CCCC)c1nc2c(s1)Cc1sc(N(CCCC)CCCC)[nH+]c1C2(C)C. The minimum atomic E-state index is -0.0607. The molecule has 0 atom stereocenters. The molecule has 6 heteroatoms. The molecule has 0 amide bonds. The average Bonchev–Trinajstić information content (AvgIpc) is 3.40. The fraction of sp³-hybridized carbons (Fsp3) is 0.769. The molecule has 180 valence electrons. The minimum absolute atomic E-state index is 0.0607. The van der Waals surface area contributed by atoms with Crippen molar-refractivity contribution in [3.63, 3.8) is 0 Å². The van der Waals surface area contributed by atoms with Crippen LogP contribution in [0.15, 0.2) is 0 Å². The van der Waals surface area contributed by atoms with Crippen molar-refractivity contribution < 1.29 is 4.98 Å². The van der Waals surface area contributed by atoms with Crippen LogP contribution in [0, 0.1) is 0 Å². The van der Waals surface area contributed by atoms with Crippen LogP contribution in [0.3, 0.4) is 0 Å². The van der Waals surface area contributed by atoms with Crippen molar-refractivity contribution in [1.82, 2.24) is 4.98 Å². The van der Waals surface area contributed by atoms with Crippen molar-refractivity contribution in [1.29, 1.82) is 0 Å². The summed E-state index contributed by atoms with van der Waals surface area (Å²) < 4.78 is 0. The Balaban J connectivity index is 1.87. The van der Waals surface area contributed by atoms with Gasteiger partial charge in [-0.3, -0.25) is 4.90 Å². The summed E-state index contributed by atoms with van der Waals surface area (Å²) in [5, 5.41) is 2.60. The van der Waals surface area contributed by atoms with E-state index >= 15 is 0 Å². The van der Waals surface area contributed by atoms with Gasteiger partial charge in [0.2, 0.25) is 0 Å². The third-order valence-electron chi connectivity index (χ3n) is 6.64. The lowest BCUT2D eigenvalue weighted by Gasteiger charge is -2.25. The maximum atomic E-state index is 5.28. The highest BCUT2D eigenvalue weighted by atomic mass is 32.1. The van der Waals surface area contributed by atoms with E-state index in [1.807, 2.05) is 22.7 Å². The largest absolute Gasteiger partial charge is 0.348 e. The number of anilines is 2. The van der Waals surface area contributed by atoms with E-state index < -0.39 is 0 Å². The number of H-pyrrole nitrogens is 1. The highest BCUT2D eigenvalue weighted by Gasteiger charge is 2.42. The van der Waals surface area contributed by atoms with Gasteiger partial charge >= 0.3 is 5.13 Å². The van der Waals surface area contributed by atoms with Gasteiger partial charge in [0.25, 0.3) is 0 Å². The van der Waals surface area contributed by atoms with Crippen LogP contribution in [0.5, 0.6) is 0 Å². The number of hydrogen-bond acceptors (Lipinski definition) is 5. The summed E-state index contributed by atoms with van der Waals surface area (Å²) in [6.07, 6.45) is 11.0.